The lowest BCUT2D eigenvalue weighted by molar-refractivity contribution is 0.306. The van der Waals surface area contributed by atoms with E-state index < -0.39 is 5.82 Å². The summed E-state index contributed by atoms with van der Waals surface area (Å²) in [5, 5.41) is 0. The molecule has 0 saturated carbocycles. The fourth-order valence-electron chi connectivity index (χ4n) is 1.45. The molecule has 0 amide bonds. The first kappa shape index (κ1) is 12.8. The van der Waals surface area contributed by atoms with Gasteiger partial charge in [-0.3, -0.25) is 0 Å². The molecule has 0 radical (unpaired) electrons. The van der Waals surface area contributed by atoms with Crippen molar-refractivity contribution >= 4 is 21.6 Å². The molecule has 0 bridgehead atoms. The van der Waals surface area contributed by atoms with E-state index >= 15 is 0 Å². The highest BCUT2D eigenvalue weighted by Crippen LogP contribution is 2.25. The number of nitrogen functional groups attached to an aromatic ring is 1. The topological polar surface area (TPSA) is 35.2 Å². The molecule has 2 aromatic carbocycles. The van der Waals surface area contributed by atoms with Gasteiger partial charge in [0.05, 0.1) is 5.69 Å². The SMILES string of the molecule is Nc1cc(F)ccc1OCc1ccc(F)cc1Br. The van der Waals surface area contributed by atoms with Crippen LogP contribution in [0.3, 0.4) is 0 Å². The molecule has 0 aliphatic heterocycles. The molecule has 18 heavy (non-hydrogen) atoms. The van der Waals surface area contributed by atoms with E-state index in [2.05, 4.69) is 15.9 Å². The lowest BCUT2D eigenvalue weighted by Gasteiger charge is -2.10. The number of halogens is 3. The highest BCUT2D eigenvalue weighted by molar-refractivity contribution is 9.10. The van der Waals surface area contributed by atoms with Crippen molar-refractivity contribution in [3.63, 3.8) is 0 Å². The molecule has 0 heterocycles. The molecule has 0 aliphatic carbocycles. The van der Waals surface area contributed by atoms with Crippen LogP contribution in [0.4, 0.5) is 14.5 Å². The monoisotopic (exact) mass is 313 g/mol. The van der Waals surface area contributed by atoms with Crippen LogP contribution in [0.1, 0.15) is 5.56 Å². The largest absolute Gasteiger partial charge is 0.487 e. The smallest absolute Gasteiger partial charge is 0.142 e. The number of hydrogen-bond donors (Lipinski definition) is 1. The molecule has 2 nitrogen and oxygen atoms in total. The van der Waals surface area contributed by atoms with E-state index in [1.807, 2.05) is 0 Å². The minimum atomic E-state index is -0.414. The molecular formula is C13H10BrF2NO. The van der Waals surface area contributed by atoms with Crippen LogP contribution >= 0.6 is 15.9 Å². The van der Waals surface area contributed by atoms with Crippen molar-refractivity contribution in [1.29, 1.82) is 0 Å². The fraction of sp³-hybridized carbons (Fsp3) is 0.0769. The quantitative estimate of drug-likeness (QED) is 0.873. The van der Waals surface area contributed by atoms with Gasteiger partial charge in [-0.05, 0) is 24.3 Å². The zero-order valence-corrected chi connectivity index (χ0v) is 10.9. The van der Waals surface area contributed by atoms with E-state index in [1.54, 1.807) is 6.07 Å². The number of benzene rings is 2. The molecular weight excluding hydrogens is 304 g/mol. The molecule has 5 heteroatoms. The average molecular weight is 314 g/mol. The van der Waals surface area contributed by atoms with Crippen LogP contribution in [0.5, 0.6) is 5.75 Å². The summed E-state index contributed by atoms with van der Waals surface area (Å²) in [4.78, 5) is 0. The Balaban J connectivity index is 2.11. The second-order valence-electron chi connectivity index (χ2n) is 3.71. The Morgan fingerprint density at radius 3 is 2.39 bits per heavy atom. The Labute approximate surface area is 112 Å². The second-order valence-corrected chi connectivity index (χ2v) is 4.56. The van der Waals surface area contributed by atoms with Gasteiger partial charge >= 0.3 is 0 Å². The predicted octanol–water partition coefficient (Wildman–Crippen LogP) is 3.89. The van der Waals surface area contributed by atoms with Crippen LogP contribution in [-0.2, 0) is 6.61 Å². The molecule has 2 aromatic rings. The summed E-state index contributed by atoms with van der Waals surface area (Å²) in [7, 11) is 0. The molecule has 0 saturated heterocycles. The van der Waals surface area contributed by atoms with E-state index in [4.69, 9.17) is 10.5 Å². The molecule has 0 spiro atoms. The Kier molecular flexibility index (Phi) is 3.81. The molecule has 2 N–H and O–H groups in total. The minimum absolute atomic E-state index is 0.219. The van der Waals surface area contributed by atoms with E-state index in [9.17, 15) is 8.78 Å². The van der Waals surface area contributed by atoms with Crippen molar-refractivity contribution in [2.75, 3.05) is 5.73 Å². The maximum absolute atomic E-state index is 12.9. The Morgan fingerprint density at radius 1 is 1.06 bits per heavy atom. The van der Waals surface area contributed by atoms with Crippen LogP contribution in [0.25, 0.3) is 0 Å². The van der Waals surface area contributed by atoms with E-state index in [-0.39, 0.29) is 18.1 Å². The first-order valence-corrected chi connectivity index (χ1v) is 5.97. The van der Waals surface area contributed by atoms with Crippen molar-refractivity contribution in [3.8, 4) is 5.75 Å². The van der Waals surface area contributed by atoms with Gasteiger partial charge in [0.25, 0.3) is 0 Å². The number of ether oxygens (including phenoxy) is 1. The van der Waals surface area contributed by atoms with Crippen molar-refractivity contribution in [2.24, 2.45) is 0 Å². The van der Waals surface area contributed by atoms with E-state index in [0.717, 1.165) is 5.56 Å². The Morgan fingerprint density at radius 2 is 1.72 bits per heavy atom. The van der Waals surface area contributed by atoms with Gasteiger partial charge in [-0.25, -0.2) is 8.78 Å². The van der Waals surface area contributed by atoms with Crippen LogP contribution in [0, 0.1) is 11.6 Å². The van der Waals surface area contributed by atoms with Crippen molar-refractivity contribution < 1.29 is 13.5 Å². The molecule has 94 valence electrons. The van der Waals surface area contributed by atoms with Crippen LogP contribution in [0.2, 0.25) is 0 Å². The third kappa shape index (κ3) is 2.98. The lowest BCUT2D eigenvalue weighted by atomic mass is 10.2. The van der Waals surface area contributed by atoms with Crippen LogP contribution in [0.15, 0.2) is 40.9 Å². The van der Waals surface area contributed by atoms with Gasteiger partial charge in [0.15, 0.2) is 0 Å². The number of nitrogens with two attached hydrogens (primary N) is 1. The first-order chi connectivity index (χ1) is 8.56. The standard InChI is InChI=1S/C13H10BrF2NO/c14-11-5-9(15)2-1-8(11)7-18-13-4-3-10(16)6-12(13)17/h1-6H,7,17H2. The molecule has 0 unspecified atom stereocenters. The maximum atomic E-state index is 12.9. The molecule has 0 fully saturated rings. The average Bonchev–Trinajstić information content (AvgIpc) is 2.30. The summed E-state index contributed by atoms with van der Waals surface area (Å²) < 4.78 is 31.8. The summed E-state index contributed by atoms with van der Waals surface area (Å²) in [6, 6.07) is 8.23. The third-order valence-electron chi connectivity index (χ3n) is 2.37. The van der Waals surface area contributed by atoms with E-state index in [0.29, 0.717) is 10.2 Å². The van der Waals surface area contributed by atoms with Gasteiger partial charge < -0.3 is 10.5 Å². The van der Waals surface area contributed by atoms with Crippen LogP contribution < -0.4 is 10.5 Å². The number of hydrogen-bond acceptors (Lipinski definition) is 2. The molecule has 0 aliphatic rings. The third-order valence-corrected chi connectivity index (χ3v) is 3.11. The highest BCUT2D eigenvalue weighted by atomic mass is 79.9. The number of anilines is 1. The highest BCUT2D eigenvalue weighted by Gasteiger charge is 2.05. The van der Waals surface area contributed by atoms with Gasteiger partial charge in [-0.1, -0.05) is 22.0 Å². The van der Waals surface area contributed by atoms with Gasteiger partial charge in [-0.15, -0.1) is 0 Å². The Hall–Kier alpha value is -1.62. The number of rotatable bonds is 3. The predicted molar refractivity (Wildman–Crippen MR) is 69.2 cm³/mol. The van der Waals surface area contributed by atoms with E-state index in [1.165, 1.54) is 30.3 Å². The molecule has 0 aromatic heterocycles. The second kappa shape index (κ2) is 5.35. The lowest BCUT2D eigenvalue weighted by Crippen LogP contribution is -2.00. The Bertz CT molecular complexity index is 523. The van der Waals surface area contributed by atoms with Gasteiger partial charge in [0.2, 0.25) is 0 Å². The molecule has 0 atom stereocenters. The maximum Gasteiger partial charge on any atom is 0.142 e. The van der Waals surface area contributed by atoms with Gasteiger partial charge in [0.1, 0.15) is 24.0 Å². The first-order valence-electron chi connectivity index (χ1n) is 5.18. The summed E-state index contributed by atoms with van der Waals surface area (Å²) in [6.45, 7) is 0.219. The zero-order chi connectivity index (χ0) is 13.1. The zero-order valence-electron chi connectivity index (χ0n) is 9.29. The summed E-state index contributed by atoms with van der Waals surface area (Å²) in [6.07, 6.45) is 0. The van der Waals surface area contributed by atoms with Crippen LogP contribution in [-0.4, -0.2) is 0 Å². The van der Waals surface area contributed by atoms with Crippen molar-refractivity contribution in [2.45, 2.75) is 6.61 Å². The normalized spacial score (nSPS) is 10.4. The van der Waals surface area contributed by atoms with Gasteiger partial charge in [0, 0.05) is 16.1 Å². The van der Waals surface area contributed by atoms with Gasteiger partial charge in [-0.2, -0.15) is 0 Å². The summed E-state index contributed by atoms with van der Waals surface area (Å²) in [5.41, 5.74) is 6.62. The fourth-order valence-corrected chi connectivity index (χ4v) is 1.91. The minimum Gasteiger partial charge on any atom is -0.487 e. The van der Waals surface area contributed by atoms with Crippen molar-refractivity contribution in [1.82, 2.24) is 0 Å². The van der Waals surface area contributed by atoms with Crippen molar-refractivity contribution in [3.05, 3.63) is 58.1 Å². The summed E-state index contributed by atoms with van der Waals surface area (Å²) >= 11 is 3.24. The molecule has 2 rings (SSSR count). The summed E-state index contributed by atoms with van der Waals surface area (Å²) in [5.74, 6) is -0.345.